The second kappa shape index (κ2) is 9.42. The van der Waals surface area contributed by atoms with Crippen LogP contribution in [0.15, 0.2) is 24.3 Å². The Bertz CT molecular complexity index is 610. The normalized spacial score (nSPS) is 14.3. The van der Waals surface area contributed by atoms with E-state index in [1.807, 2.05) is 31.2 Å². The SMILES string of the molecule is CCCCC(=O)C(=O)NCC(=O)N1CCN(c2ccc(Cl)cc2)CC1. The summed E-state index contributed by atoms with van der Waals surface area (Å²) in [6.45, 7) is 4.44. The van der Waals surface area contributed by atoms with Gasteiger partial charge in [0.1, 0.15) is 0 Å². The third kappa shape index (κ3) is 5.74. The van der Waals surface area contributed by atoms with Crippen molar-refractivity contribution in [3.05, 3.63) is 29.3 Å². The van der Waals surface area contributed by atoms with E-state index in [1.54, 1.807) is 4.90 Å². The summed E-state index contributed by atoms with van der Waals surface area (Å²) in [7, 11) is 0. The number of amides is 2. The number of carbonyl (C=O) groups excluding carboxylic acids is 3. The maximum Gasteiger partial charge on any atom is 0.287 e. The van der Waals surface area contributed by atoms with Gasteiger partial charge in [-0.15, -0.1) is 0 Å². The smallest absolute Gasteiger partial charge is 0.287 e. The molecule has 0 bridgehead atoms. The Balaban J connectivity index is 1.74. The van der Waals surface area contributed by atoms with Gasteiger partial charge in [0.2, 0.25) is 11.7 Å². The van der Waals surface area contributed by atoms with E-state index in [4.69, 9.17) is 11.6 Å². The minimum atomic E-state index is -0.665. The summed E-state index contributed by atoms with van der Waals surface area (Å²) in [5.74, 6) is -1.28. The Morgan fingerprint density at radius 3 is 2.32 bits per heavy atom. The number of ketones is 1. The molecule has 7 heteroatoms. The molecule has 1 aromatic rings. The van der Waals surface area contributed by atoms with Crippen molar-refractivity contribution in [3.63, 3.8) is 0 Å². The number of nitrogens with zero attached hydrogens (tertiary/aromatic N) is 2. The van der Waals surface area contributed by atoms with Crippen molar-refractivity contribution >= 4 is 34.9 Å². The Morgan fingerprint density at radius 1 is 1.08 bits per heavy atom. The van der Waals surface area contributed by atoms with Crippen molar-refractivity contribution in [2.24, 2.45) is 0 Å². The number of carbonyl (C=O) groups is 3. The second-order valence-corrected chi connectivity index (χ2v) is 6.49. The number of rotatable bonds is 7. The number of nitrogens with one attached hydrogen (secondary N) is 1. The van der Waals surface area contributed by atoms with Crippen LogP contribution in [0, 0.1) is 0 Å². The topological polar surface area (TPSA) is 69.7 Å². The van der Waals surface area contributed by atoms with Crippen LogP contribution in [0.1, 0.15) is 26.2 Å². The van der Waals surface area contributed by atoms with Gasteiger partial charge in [-0.3, -0.25) is 14.4 Å². The molecule has 1 heterocycles. The van der Waals surface area contributed by atoms with Crippen LogP contribution in [0.4, 0.5) is 5.69 Å². The molecule has 0 unspecified atom stereocenters. The highest BCUT2D eigenvalue weighted by Crippen LogP contribution is 2.19. The molecule has 0 radical (unpaired) electrons. The first-order chi connectivity index (χ1) is 12.0. The molecule has 1 aliphatic rings. The van der Waals surface area contributed by atoms with Crippen LogP contribution in [-0.4, -0.2) is 55.2 Å². The average molecular weight is 366 g/mol. The molecule has 0 saturated carbocycles. The summed E-state index contributed by atoms with van der Waals surface area (Å²) < 4.78 is 0. The first kappa shape index (κ1) is 19.2. The van der Waals surface area contributed by atoms with Crippen molar-refractivity contribution in [2.45, 2.75) is 26.2 Å². The van der Waals surface area contributed by atoms with E-state index in [1.165, 1.54) is 0 Å². The predicted molar refractivity (Wildman–Crippen MR) is 97.8 cm³/mol. The van der Waals surface area contributed by atoms with Gasteiger partial charge in [0, 0.05) is 43.3 Å². The molecule has 1 fully saturated rings. The van der Waals surface area contributed by atoms with E-state index >= 15 is 0 Å². The fourth-order valence-electron chi connectivity index (χ4n) is 2.68. The summed E-state index contributed by atoms with van der Waals surface area (Å²) in [4.78, 5) is 39.3. The van der Waals surface area contributed by atoms with E-state index in [0.29, 0.717) is 24.5 Å². The highest BCUT2D eigenvalue weighted by Gasteiger charge is 2.22. The molecule has 2 amide bonds. The predicted octanol–water partition coefficient (Wildman–Crippen LogP) is 1.86. The molecule has 6 nitrogen and oxygen atoms in total. The molecule has 0 aliphatic carbocycles. The van der Waals surface area contributed by atoms with Crippen LogP contribution < -0.4 is 10.2 Å². The van der Waals surface area contributed by atoms with Gasteiger partial charge in [0.05, 0.1) is 6.54 Å². The highest BCUT2D eigenvalue weighted by molar-refractivity contribution is 6.36. The van der Waals surface area contributed by atoms with Crippen LogP contribution >= 0.6 is 11.6 Å². The molecule has 0 atom stereocenters. The molecule has 2 rings (SSSR count). The monoisotopic (exact) mass is 365 g/mol. The highest BCUT2D eigenvalue weighted by atomic mass is 35.5. The summed E-state index contributed by atoms with van der Waals surface area (Å²) in [6.07, 6.45) is 1.78. The number of Topliss-reactive ketones (excluding diaryl/α,β-unsaturated/α-hetero) is 1. The number of unbranched alkanes of at least 4 members (excludes halogenated alkanes) is 1. The molecular formula is C18H24ClN3O3. The Hall–Kier alpha value is -2.08. The minimum Gasteiger partial charge on any atom is -0.368 e. The quantitative estimate of drug-likeness (QED) is 0.749. The van der Waals surface area contributed by atoms with Crippen molar-refractivity contribution in [3.8, 4) is 0 Å². The van der Waals surface area contributed by atoms with Gasteiger partial charge in [-0.2, -0.15) is 0 Å². The van der Waals surface area contributed by atoms with Gasteiger partial charge in [-0.05, 0) is 30.7 Å². The summed E-state index contributed by atoms with van der Waals surface area (Å²) in [6, 6.07) is 7.61. The number of halogens is 1. The van der Waals surface area contributed by atoms with Crippen LogP contribution in [-0.2, 0) is 14.4 Å². The standard InChI is InChI=1S/C18H24ClN3O3/c1-2-3-4-16(23)18(25)20-13-17(24)22-11-9-21(10-12-22)15-7-5-14(19)6-8-15/h5-8H,2-4,9-13H2,1H3,(H,20,25). The molecule has 1 aromatic carbocycles. The largest absolute Gasteiger partial charge is 0.368 e. The summed E-state index contributed by atoms with van der Waals surface area (Å²) in [5.41, 5.74) is 1.08. The average Bonchev–Trinajstić information content (AvgIpc) is 2.64. The summed E-state index contributed by atoms with van der Waals surface area (Å²) >= 11 is 5.90. The van der Waals surface area contributed by atoms with E-state index in [0.717, 1.165) is 25.2 Å². The lowest BCUT2D eigenvalue weighted by Gasteiger charge is -2.36. The lowest BCUT2D eigenvalue weighted by Crippen LogP contribution is -2.51. The van der Waals surface area contributed by atoms with Crippen LogP contribution in [0.3, 0.4) is 0 Å². The van der Waals surface area contributed by atoms with E-state index < -0.39 is 11.7 Å². The summed E-state index contributed by atoms with van der Waals surface area (Å²) in [5, 5.41) is 3.13. The Labute approximate surface area is 153 Å². The zero-order chi connectivity index (χ0) is 18.2. The Morgan fingerprint density at radius 2 is 1.72 bits per heavy atom. The maximum absolute atomic E-state index is 12.2. The number of benzene rings is 1. The number of hydrogen-bond acceptors (Lipinski definition) is 4. The van der Waals surface area contributed by atoms with Gasteiger partial charge >= 0.3 is 0 Å². The maximum atomic E-state index is 12.2. The molecule has 0 aromatic heterocycles. The van der Waals surface area contributed by atoms with E-state index in [-0.39, 0.29) is 18.9 Å². The van der Waals surface area contributed by atoms with Gasteiger partial charge in [-0.1, -0.05) is 24.9 Å². The van der Waals surface area contributed by atoms with E-state index in [9.17, 15) is 14.4 Å². The molecule has 0 spiro atoms. The molecule has 1 aliphatic heterocycles. The van der Waals surface area contributed by atoms with Crippen molar-refractivity contribution in [1.29, 1.82) is 0 Å². The van der Waals surface area contributed by atoms with Crippen molar-refractivity contribution in [2.75, 3.05) is 37.6 Å². The minimum absolute atomic E-state index is 0.127. The van der Waals surface area contributed by atoms with Gasteiger partial charge in [0.25, 0.3) is 5.91 Å². The fourth-order valence-corrected chi connectivity index (χ4v) is 2.81. The molecule has 136 valence electrons. The zero-order valence-electron chi connectivity index (χ0n) is 14.5. The number of anilines is 1. The first-order valence-electron chi connectivity index (χ1n) is 8.60. The number of piperazine rings is 1. The molecular weight excluding hydrogens is 342 g/mol. The van der Waals surface area contributed by atoms with Crippen LogP contribution in [0.5, 0.6) is 0 Å². The Kier molecular flexibility index (Phi) is 7.25. The zero-order valence-corrected chi connectivity index (χ0v) is 15.2. The second-order valence-electron chi connectivity index (χ2n) is 6.05. The van der Waals surface area contributed by atoms with Crippen LogP contribution in [0.25, 0.3) is 0 Å². The third-order valence-corrected chi connectivity index (χ3v) is 4.49. The molecule has 25 heavy (non-hydrogen) atoms. The third-order valence-electron chi connectivity index (χ3n) is 4.23. The van der Waals surface area contributed by atoms with E-state index in [2.05, 4.69) is 10.2 Å². The fraction of sp³-hybridized carbons (Fsp3) is 0.500. The van der Waals surface area contributed by atoms with Crippen LogP contribution in [0.2, 0.25) is 5.02 Å². The lowest BCUT2D eigenvalue weighted by atomic mass is 10.2. The molecule has 1 saturated heterocycles. The van der Waals surface area contributed by atoms with Gasteiger partial charge < -0.3 is 15.1 Å². The lowest BCUT2D eigenvalue weighted by molar-refractivity contribution is -0.139. The first-order valence-corrected chi connectivity index (χ1v) is 8.98. The van der Waals surface area contributed by atoms with Crippen molar-refractivity contribution < 1.29 is 14.4 Å². The molecule has 1 N–H and O–H groups in total. The van der Waals surface area contributed by atoms with Crippen molar-refractivity contribution in [1.82, 2.24) is 10.2 Å². The van der Waals surface area contributed by atoms with Gasteiger partial charge in [-0.25, -0.2) is 0 Å². The number of hydrogen-bond donors (Lipinski definition) is 1. The van der Waals surface area contributed by atoms with Gasteiger partial charge in [0.15, 0.2) is 0 Å².